The van der Waals surface area contributed by atoms with Crippen molar-refractivity contribution in [1.29, 1.82) is 0 Å². The Labute approximate surface area is 129 Å². The molecule has 1 saturated carbocycles. The van der Waals surface area contributed by atoms with Crippen molar-refractivity contribution in [3.63, 3.8) is 0 Å². The normalized spacial score (nSPS) is 16.7. The first-order chi connectivity index (χ1) is 10.4. The molecule has 0 heterocycles. The van der Waals surface area contributed by atoms with Gasteiger partial charge in [-0.2, -0.15) is 0 Å². The Morgan fingerprint density at radius 1 is 1.27 bits per heavy atom. The van der Waals surface area contributed by atoms with Gasteiger partial charge in [-0.05, 0) is 37.6 Å². The molecule has 1 aromatic rings. The predicted molar refractivity (Wildman–Crippen MR) is 79.7 cm³/mol. The standard InChI is InChI=1S/C16H21FN2O3/c1-19(10-12-4-6-13(17)7-5-12)11-14(20)18-16(15(21)22)8-2-3-9-16/h4-7H,2-3,8-11H2,1H3,(H,18,20)(H,21,22). The van der Waals surface area contributed by atoms with E-state index >= 15 is 0 Å². The summed E-state index contributed by atoms with van der Waals surface area (Å²) < 4.78 is 12.8. The number of aliphatic carboxylic acids is 1. The minimum absolute atomic E-state index is 0.104. The molecule has 0 spiro atoms. The van der Waals surface area contributed by atoms with E-state index in [1.165, 1.54) is 12.1 Å². The number of rotatable bonds is 6. The Balaban J connectivity index is 1.88. The van der Waals surface area contributed by atoms with E-state index in [-0.39, 0.29) is 18.3 Å². The van der Waals surface area contributed by atoms with E-state index in [0.717, 1.165) is 18.4 Å². The highest BCUT2D eigenvalue weighted by Gasteiger charge is 2.42. The molecule has 1 aliphatic rings. The summed E-state index contributed by atoms with van der Waals surface area (Å²) in [5.74, 6) is -1.55. The van der Waals surface area contributed by atoms with E-state index in [1.807, 2.05) is 0 Å². The van der Waals surface area contributed by atoms with Crippen LogP contribution in [0.5, 0.6) is 0 Å². The second kappa shape index (κ2) is 6.87. The van der Waals surface area contributed by atoms with Gasteiger partial charge in [0.2, 0.25) is 5.91 Å². The molecule has 2 N–H and O–H groups in total. The maximum atomic E-state index is 12.8. The number of nitrogens with one attached hydrogen (secondary N) is 1. The molecule has 0 radical (unpaired) electrons. The molecule has 0 aromatic heterocycles. The molecule has 1 fully saturated rings. The highest BCUT2D eigenvalue weighted by molar-refractivity contribution is 5.88. The first-order valence-corrected chi connectivity index (χ1v) is 7.39. The van der Waals surface area contributed by atoms with Gasteiger partial charge in [-0.25, -0.2) is 9.18 Å². The molecule has 120 valence electrons. The number of nitrogens with zero attached hydrogens (tertiary/aromatic N) is 1. The van der Waals surface area contributed by atoms with Gasteiger partial charge in [0.15, 0.2) is 0 Å². The van der Waals surface area contributed by atoms with Gasteiger partial charge in [-0.1, -0.05) is 25.0 Å². The number of carbonyl (C=O) groups is 2. The molecule has 22 heavy (non-hydrogen) atoms. The number of hydrogen-bond donors (Lipinski definition) is 2. The smallest absolute Gasteiger partial charge is 0.329 e. The van der Waals surface area contributed by atoms with Gasteiger partial charge >= 0.3 is 5.97 Å². The minimum atomic E-state index is -1.10. The lowest BCUT2D eigenvalue weighted by Crippen LogP contribution is -2.54. The number of carboxylic acids is 1. The molecular formula is C16H21FN2O3. The number of likely N-dealkylation sites (N-methyl/N-ethyl adjacent to an activating group) is 1. The van der Waals surface area contributed by atoms with Crippen LogP contribution in [0.2, 0.25) is 0 Å². The third-order valence-corrected chi connectivity index (χ3v) is 4.02. The highest BCUT2D eigenvalue weighted by atomic mass is 19.1. The van der Waals surface area contributed by atoms with Crippen molar-refractivity contribution in [3.8, 4) is 0 Å². The summed E-state index contributed by atoms with van der Waals surface area (Å²) in [6.07, 6.45) is 2.60. The second-order valence-corrected chi connectivity index (χ2v) is 5.94. The van der Waals surface area contributed by atoms with Gasteiger partial charge in [0, 0.05) is 6.54 Å². The molecule has 0 unspecified atom stereocenters. The summed E-state index contributed by atoms with van der Waals surface area (Å²) in [5, 5.41) is 12.0. The zero-order chi connectivity index (χ0) is 16.2. The number of benzene rings is 1. The van der Waals surface area contributed by atoms with Crippen LogP contribution in [-0.2, 0) is 16.1 Å². The van der Waals surface area contributed by atoms with Crippen LogP contribution in [0, 0.1) is 5.82 Å². The topological polar surface area (TPSA) is 69.6 Å². The van der Waals surface area contributed by atoms with Crippen molar-refractivity contribution >= 4 is 11.9 Å². The van der Waals surface area contributed by atoms with Crippen molar-refractivity contribution in [2.75, 3.05) is 13.6 Å². The minimum Gasteiger partial charge on any atom is -0.480 e. The quantitative estimate of drug-likeness (QED) is 0.840. The summed E-state index contributed by atoms with van der Waals surface area (Å²) in [5.41, 5.74) is -0.209. The van der Waals surface area contributed by atoms with Gasteiger partial charge in [0.1, 0.15) is 11.4 Å². The fraction of sp³-hybridized carbons (Fsp3) is 0.500. The Morgan fingerprint density at radius 2 is 1.86 bits per heavy atom. The van der Waals surface area contributed by atoms with E-state index < -0.39 is 11.5 Å². The van der Waals surface area contributed by atoms with Gasteiger partial charge in [-0.15, -0.1) is 0 Å². The summed E-state index contributed by atoms with van der Waals surface area (Å²) in [6, 6.07) is 6.08. The summed E-state index contributed by atoms with van der Waals surface area (Å²) >= 11 is 0. The molecule has 1 aliphatic carbocycles. The first-order valence-electron chi connectivity index (χ1n) is 7.39. The van der Waals surface area contributed by atoms with E-state index in [4.69, 9.17) is 0 Å². The van der Waals surface area contributed by atoms with E-state index in [2.05, 4.69) is 5.32 Å². The lowest BCUT2D eigenvalue weighted by molar-refractivity contribution is -0.147. The zero-order valence-electron chi connectivity index (χ0n) is 12.6. The number of carbonyl (C=O) groups excluding carboxylic acids is 1. The number of amides is 1. The number of halogens is 1. The lowest BCUT2D eigenvalue weighted by atomic mass is 9.98. The van der Waals surface area contributed by atoms with Crippen LogP contribution in [-0.4, -0.2) is 41.0 Å². The van der Waals surface area contributed by atoms with Gasteiger partial charge < -0.3 is 10.4 Å². The molecular weight excluding hydrogens is 287 g/mol. The Hall–Kier alpha value is -1.95. The van der Waals surface area contributed by atoms with Crippen LogP contribution in [0.15, 0.2) is 24.3 Å². The third-order valence-electron chi connectivity index (χ3n) is 4.02. The van der Waals surface area contributed by atoms with E-state index in [9.17, 15) is 19.1 Å². The molecule has 2 rings (SSSR count). The summed E-state index contributed by atoms with van der Waals surface area (Å²) in [6.45, 7) is 0.597. The van der Waals surface area contributed by atoms with Crippen LogP contribution in [0.1, 0.15) is 31.2 Å². The third kappa shape index (κ3) is 4.04. The molecule has 0 saturated heterocycles. The zero-order valence-corrected chi connectivity index (χ0v) is 12.6. The van der Waals surface area contributed by atoms with Crippen LogP contribution < -0.4 is 5.32 Å². The van der Waals surface area contributed by atoms with Crippen LogP contribution >= 0.6 is 0 Å². The Kier molecular flexibility index (Phi) is 5.13. The van der Waals surface area contributed by atoms with Crippen molar-refractivity contribution < 1.29 is 19.1 Å². The van der Waals surface area contributed by atoms with E-state index in [1.54, 1.807) is 24.1 Å². The van der Waals surface area contributed by atoms with Crippen molar-refractivity contribution in [3.05, 3.63) is 35.6 Å². The molecule has 6 heteroatoms. The molecule has 1 aromatic carbocycles. The number of carboxylic acid groups (broad SMARTS) is 1. The Morgan fingerprint density at radius 3 is 2.41 bits per heavy atom. The maximum absolute atomic E-state index is 12.8. The second-order valence-electron chi connectivity index (χ2n) is 5.94. The van der Waals surface area contributed by atoms with Crippen molar-refractivity contribution in [2.45, 2.75) is 37.8 Å². The summed E-state index contributed by atoms with van der Waals surface area (Å²) in [4.78, 5) is 25.3. The molecule has 1 amide bonds. The molecule has 0 aliphatic heterocycles. The van der Waals surface area contributed by atoms with Gasteiger partial charge in [-0.3, -0.25) is 9.69 Å². The fourth-order valence-electron chi connectivity index (χ4n) is 2.88. The molecule has 0 bridgehead atoms. The lowest BCUT2D eigenvalue weighted by Gasteiger charge is -2.26. The number of hydrogen-bond acceptors (Lipinski definition) is 3. The highest BCUT2D eigenvalue weighted by Crippen LogP contribution is 2.29. The average molecular weight is 308 g/mol. The maximum Gasteiger partial charge on any atom is 0.329 e. The first kappa shape index (κ1) is 16.4. The largest absolute Gasteiger partial charge is 0.480 e. The fourth-order valence-corrected chi connectivity index (χ4v) is 2.88. The predicted octanol–water partition coefficient (Wildman–Crippen LogP) is 1.77. The van der Waals surface area contributed by atoms with Crippen LogP contribution in [0.25, 0.3) is 0 Å². The Bertz CT molecular complexity index is 539. The SMILES string of the molecule is CN(CC(=O)NC1(C(=O)O)CCCC1)Cc1ccc(F)cc1. The van der Waals surface area contributed by atoms with Crippen molar-refractivity contribution in [2.24, 2.45) is 0 Å². The van der Waals surface area contributed by atoms with Crippen molar-refractivity contribution in [1.82, 2.24) is 10.2 Å². The van der Waals surface area contributed by atoms with Gasteiger partial charge in [0.05, 0.1) is 6.54 Å². The van der Waals surface area contributed by atoms with Gasteiger partial charge in [0.25, 0.3) is 0 Å². The van der Waals surface area contributed by atoms with Crippen LogP contribution in [0.4, 0.5) is 4.39 Å². The monoisotopic (exact) mass is 308 g/mol. The van der Waals surface area contributed by atoms with E-state index in [0.29, 0.717) is 19.4 Å². The molecule has 0 atom stereocenters. The summed E-state index contributed by atoms with van der Waals surface area (Å²) in [7, 11) is 1.77. The van der Waals surface area contributed by atoms with Crippen LogP contribution in [0.3, 0.4) is 0 Å². The average Bonchev–Trinajstić information content (AvgIpc) is 2.91. The molecule has 5 nitrogen and oxygen atoms in total.